The fourth-order valence-electron chi connectivity index (χ4n) is 0.0298. The summed E-state index contributed by atoms with van der Waals surface area (Å²) in [6.45, 7) is 4.59. The Hall–Kier alpha value is 0.403. The Kier molecular flexibility index (Phi) is 24.0. The molecule has 0 unspecified atom stereocenters. The molecule has 0 N–H and O–H groups in total. The van der Waals surface area contributed by atoms with E-state index in [9.17, 15) is 0 Å². The average molecular weight is 260 g/mol. The molecular weight excluding hydrogens is 258 g/mol. The molecule has 34 valence electrons. The molecule has 0 fully saturated rings. The van der Waals surface area contributed by atoms with Crippen LogP contribution in [-0.4, -0.2) is 0 Å². The fourth-order valence-corrected chi connectivity index (χ4v) is 0.0298. The number of hydrogen-bond acceptors (Lipinski definition) is 1. The van der Waals surface area contributed by atoms with Gasteiger partial charge in [-0.15, -0.1) is 5.11 Å². The standard InChI is InChI=1S/C2H2N3.HI.Zn/c1-2-4-5-3;;/h1-2H;1H;/q-1;;+2/p-1. The molecular formula is C2H2IN3Zn. The Balaban J connectivity index is 0. The SMILES string of the molecule is [CH-]=CN=[N+]=[N-].[Zn+][I]. The zero-order valence-corrected chi connectivity index (χ0v) is 8.71. The summed E-state index contributed by atoms with van der Waals surface area (Å²) in [4.78, 5) is 2.30. The van der Waals surface area contributed by atoms with Gasteiger partial charge >= 0.3 is 34.5 Å². The van der Waals surface area contributed by atoms with Gasteiger partial charge < -0.3 is 6.58 Å². The van der Waals surface area contributed by atoms with Crippen LogP contribution in [0.25, 0.3) is 10.4 Å². The molecule has 3 nitrogen and oxygen atoms in total. The van der Waals surface area contributed by atoms with E-state index in [4.69, 9.17) is 5.53 Å². The van der Waals surface area contributed by atoms with Gasteiger partial charge in [-0.2, -0.15) is 6.20 Å². The van der Waals surface area contributed by atoms with E-state index < -0.39 is 0 Å². The number of nitrogens with zero attached hydrogens (tertiary/aromatic N) is 3. The van der Waals surface area contributed by atoms with Gasteiger partial charge in [-0.25, -0.2) is 0 Å². The van der Waals surface area contributed by atoms with Crippen molar-refractivity contribution in [2.45, 2.75) is 0 Å². The first-order valence-electron chi connectivity index (χ1n) is 1.26. The van der Waals surface area contributed by atoms with Gasteiger partial charge in [0, 0.05) is 4.91 Å². The second-order valence-corrected chi connectivity index (χ2v) is 0.354. The quantitative estimate of drug-likeness (QED) is 0.173. The molecule has 0 saturated carbocycles. The van der Waals surface area contributed by atoms with Crippen LogP contribution < -0.4 is 0 Å². The van der Waals surface area contributed by atoms with Crippen LogP contribution in [0, 0.1) is 6.58 Å². The molecule has 0 aromatic rings. The predicted octanol–water partition coefficient (Wildman–Crippen LogP) is 2.13. The molecule has 0 aliphatic carbocycles. The molecule has 0 heterocycles. The van der Waals surface area contributed by atoms with E-state index in [1.807, 2.05) is 0 Å². The van der Waals surface area contributed by atoms with E-state index in [-0.39, 0.29) is 0 Å². The van der Waals surface area contributed by atoms with Crippen molar-refractivity contribution in [2.24, 2.45) is 5.11 Å². The molecule has 0 aliphatic rings. The number of halogens is 1. The van der Waals surface area contributed by atoms with Gasteiger partial charge in [0.15, 0.2) is 0 Å². The number of hydrogen-bond donors (Lipinski definition) is 0. The summed E-state index contributed by atoms with van der Waals surface area (Å²) < 4.78 is 0. The molecule has 0 aromatic heterocycles. The molecule has 7 heavy (non-hydrogen) atoms. The van der Waals surface area contributed by atoms with Gasteiger partial charge in [0.1, 0.15) is 0 Å². The van der Waals surface area contributed by atoms with E-state index in [0.717, 1.165) is 6.20 Å². The molecule has 0 atom stereocenters. The molecule has 5 heteroatoms. The second kappa shape index (κ2) is 16.1. The van der Waals surface area contributed by atoms with Crippen LogP contribution in [-0.2, 0) is 14.8 Å². The third-order valence-corrected chi connectivity index (χ3v) is 0.118. The zero-order chi connectivity index (χ0) is 6.12. The van der Waals surface area contributed by atoms with Crippen LogP contribution >= 0.6 is 19.8 Å². The first-order valence-corrected chi connectivity index (χ1v) is 10.3. The summed E-state index contributed by atoms with van der Waals surface area (Å²) in [5.74, 6) is 0. The van der Waals surface area contributed by atoms with Crippen LogP contribution in [0.5, 0.6) is 0 Å². The monoisotopic (exact) mass is 259 g/mol. The van der Waals surface area contributed by atoms with Crippen LogP contribution in [0.2, 0.25) is 0 Å². The fraction of sp³-hybridized carbons (Fsp3) is 0. The average Bonchev–Trinajstić information content (AvgIpc) is 1.75. The summed E-state index contributed by atoms with van der Waals surface area (Å²) >= 11 is 3.62. The normalized spacial score (nSPS) is 4.43. The minimum absolute atomic E-state index is 0.889. The van der Waals surface area contributed by atoms with E-state index in [1.54, 1.807) is 0 Å². The molecule has 0 radical (unpaired) electrons. The van der Waals surface area contributed by atoms with E-state index in [2.05, 4.69) is 36.4 Å². The number of rotatable bonds is 1. The first-order chi connectivity index (χ1) is 3.41. The maximum absolute atomic E-state index is 7.41. The van der Waals surface area contributed by atoms with Crippen molar-refractivity contribution in [3.05, 3.63) is 23.2 Å². The van der Waals surface area contributed by atoms with E-state index >= 15 is 0 Å². The van der Waals surface area contributed by atoms with Crippen molar-refractivity contribution in [3.8, 4) is 0 Å². The predicted molar refractivity (Wildman–Crippen MR) is 32.0 cm³/mol. The second-order valence-electron chi connectivity index (χ2n) is 0.354. The van der Waals surface area contributed by atoms with Crippen molar-refractivity contribution in [2.75, 3.05) is 0 Å². The maximum atomic E-state index is 7.41. The van der Waals surface area contributed by atoms with Gasteiger partial charge in [0.05, 0.1) is 0 Å². The van der Waals surface area contributed by atoms with Crippen molar-refractivity contribution in [3.63, 3.8) is 0 Å². The van der Waals surface area contributed by atoms with Crippen LogP contribution in [0.4, 0.5) is 0 Å². The van der Waals surface area contributed by atoms with Crippen LogP contribution in [0.3, 0.4) is 0 Å². The third-order valence-electron chi connectivity index (χ3n) is 0.118. The molecule has 0 amide bonds. The van der Waals surface area contributed by atoms with E-state index in [0.29, 0.717) is 0 Å². The van der Waals surface area contributed by atoms with Crippen molar-refractivity contribution < 1.29 is 14.8 Å². The van der Waals surface area contributed by atoms with Crippen LogP contribution in [0.15, 0.2) is 11.3 Å². The van der Waals surface area contributed by atoms with Crippen LogP contribution in [0.1, 0.15) is 0 Å². The molecule has 0 saturated heterocycles. The number of azide groups is 1. The summed E-state index contributed by atoms with van der Waals surface area (Å²) in [5.41, 5.74) is 7.41. The summed E-state index contributed by atoms with van der Waals surface area (Å²) in [6.07, 6.45) is 0.889. The van der Waals surface area contributed by atoms with Gasteiger partial charge in [0.25, 0.3) is 0 Å². The van der Waals surface area contributed by atoms with Crippen molar-refractivity contribution in [1.82, 2.24) is 0 Å². The Bertz CT molecular complexity index is 77.0. The van der Waals surface area contributed by atoms with Crippen molar-refractivity contribution >= 4 is 19.8 Å². The van der Waals surface area contributed by atoms with Gasteiger partial charge in [-0.05, 0) is 5.53 Å². The molecule has 0 rings (SSSR count). The van der Waals surface area contributed by atoms with E-state index in [1.165, 1.54) is 14.8 Å². The zero-order valence-electron chi connectivity index (χ0n) is 3.58. The molecule has 0 aliphatic heterocycles. The molecule has 0 bridgehead atoms. The van der Waals surface area contributed by atoms with Gasteiger partial charge in [-0.1, -0.05) is 0 Å². The minimum atomic E-state index is 0.889. The third kappa shape index (κ3) is 21.5. The summed E-state index contributed by atoms with van der Waals surface area (Å²) in [7, 11) is 0. The Morgan fingerprint density at radius 2 is 2.29 bits per heavy atom. The Morgan fingerprint density at radius 3 is 2.29 bits per heavy atom. The topological polar surface area (TPSA) is 48.8 Å². The summed E-state index contributed by atoms with van der Waals surface area (Å²) in [5, 5.41) is 2.81. The first kappa shape index (κ1) is 10.4. The Labute approximate surface area is 62.7 Å². The molecule has 0 aromatic carbocycles. The Morgan fingerprint density at radius 1 is 1.86 bits per heavy atom. The summed E-state index contributed by atoms with van der Waals surface area (Å²) in [6, 6.07) is 0. The van der Waals surface area contributed by atoms with Gasteiger partial charge in [0.2, 0.25) is 0 Å². The molecule has 0 spiro atoms. The van der Waals surface area contributed by atoms with Gasteiger partial charge in [-0.3, -0.25) is 0 Å². The van der Waals surface area contributed by atoms with Crippen molar-refractivity contribution in [1.29, 1.82) is 0 Å².